The highest BCUT2D eigenvalue weighted by atomic mass is 35.5. The van der Waals surface area contributed by atoms with E-state index in [4.69, 9.17) is 28.9 Å². The summed E-state index contributed by atoms with van der Waals surface area (Å²) in [5.74, 6) is -0.272. The molecule has 21 heavy (non-hydrogen) atoms. The van der Waals surface area contributed by atoms with E-state index in [2.05, 4.69) is 15.5 Å². The van der Waals surface area contributed by atoms with Crippen molar-refractivity contribution in [2.24, 2.45) is 0 Å². The van der Waals surface area contributed by atoms with Crippen LogP contribution in [0.25, 0.3) is 17.1 Å². The normalized spacial score (nSPS) is 10.8. The molecule has 0 atom stereocenters. The standard InChI is InChI=1S/C13H8Cl2FN5/c14-7-3-8(15)5-10(4-7)21-13(18-19-20-21)11-6-9(17)1-2-12(11)16/h1-6H,17H2. The van der Waals surface area contributed by atoms with E-state index in [0.717, 1.165) is 0 Å². The van der Waals surface area contributed by atoms with Crippen molar-refractivity contribution in [1.82, 2.24) is 20.2 Å². The third kappa shape index (κ3) is 2.68. The minimum atomic E-state index is -0.478. The average Bonchev–Trinajstić information content (AvgIpc) is 2.89. The van der Waals surface area contributed by atoms with Gasteiger partial charge in [-0.15, -0.1) is 5.10 Å². The zero-order valence-corrected chi connectivity index (χ0v) is 12.0. The van der Waals surface area contributed by atoms with Crippen molar-refractivity contribution in [3.63, 3.8) is 0 Å². The Morgan fingerprint density at radius 1 is 1.05 bits per heavy atom. The molecule has 2 N–H and O–H groups in total. The van der Waals surface area contributed by atoms with Crippen LogP contribution in [-0.2, 0) is 0 Å². The SMILES string of the molecule is Nc1ccc(F)c(-c2nnnn2-c2cc(Cl)cc(Cl)c2)c1. The largest absolute Gasteiger partial charge is 0.399 e. The lowest BCUT2D eigenvalue weighted by atomic mass is 10.1. The second-order valence-electron chi connectivity index (χ2n) is 4.28. The first-order valence-electron chi connectivity index (χ1n) is 5.85. The summed E-state index contributed by atoms with van der Waals surface area (Å²) in [5.41, 5.74) is 6.80. The quantitative estimate of drug-likeness (QED) is 0.734. The van der Waals surface area contributed by atoms with Gasteiger partial charge in [-0.2, -0.15) is 4.68 Å². The highest BCUT2D eigenvalue weighted by Crippen LogP contribution is 2.27. The lowest BCUT2D eigenvalue weighted by Crippen LogP contribution is -2.01. The van der Waals surface area contributed by atoms with E-state index in [1.807, 2.05) is 0 Å². The molecule has 0 fully saturated rings. The van der Waals surface area contributed by atoms with E-state index in [9.17, 15) is 4.39 Å². The van der Waals surface area contributed by atoms with Gasteiger partial charge in [-0.25, -0.2) is 4.39 Å². The van der Waals surface area contributed by atoms with Crippen LogP contribution in [0, 0.1) is 5.82 Å². The number of benzene rings is 2. The molecule has 8 heteroatoms. The number of tetrazole rings is 1. The molecule has 0 bridgehead atoms. The Bertz CT molecular complexity index is 798. The van der Waals surface area contributed by atoms with Gasteiger partial charge in [-0.05, 0) is 46.8 Å². The fraction of sp³-hybridized carbons (Fsp3) is 0. The number of hydrogen-bond donors (Lipinski definition) is 1. The van der Waals surface area contributed by atoms with Crippen molar-refractivity contribution < 1.29 is 4.39 Å². The molecule has 0 saturated carbocycles. The molecule has 0 unspecified atom stereocenters. The lowest BCUT2D eigenvalue weighted by Gasteiger charge is -2.07. The highest BCUT2D eigenvalue weighted by molar-refractivity contribution is 6.34. The Labute approximate surface area is 129 Å². The number of nitrogens with two attached hydrogens (primary N) is 1. The molecule has 2 aromatic carbocycles. The van der Waals surface area contributed by atoms with E-state index < -0.39 is 5.82 Å². The molecular formula is C13H8Cl2FN5. The van der Waals surface area contributed by atoms with Gasteiger partial charge in [0.25, 0.3) is 0 Å². The minimum absolute atomic E-state index is 0.191. The van der Waals surface area contributed by atoms with E-state index in [-0.39, 0.29) is 11.4 Å². The average molecular weight is 324 g/mol. The smallest absolute Gasteiger partial charge is 0.190 e. The zero-order valence-electron chi connectivity index (χ0n) is 10.5. The van der Waals surface area contributed by atoms with E-state index >= 15 is 0 Å². The van der Waals surface area contributed by atoms with Gasteiger partial charge in [-0.3, -0.25) is 0 Å². The fourth-order valence-corrected chi connectivity index (χ4v) is 2.42. The second-order valence-corrected chi connectivity index (χ2v) is 5.15. The number of nitrogens with zero attached hydrogens (tertiary/aromatic N) is 4. The number of hydrogen-bond acceptors (Lipinski definition) is 4. The number of aromatic nitrogens is 4. The first-order chi connectivity index (χ1) is 10.0. The number of rotatable bonds is 2. The Hall–Kier alpha value is -2.18. The van der Waals surface area contributed by atoms with E-state index in [0.29, 0.717) is 21.4 Å². The van der Waals surface area contributed by atoms with Crippen LogP contribution >= 0.6 is 23.2 Å². The van der Waals surface area contributed by atoms with Gasteiger partial charge < -0.3 is 5.73 Å². The van der Waals surface area contributed by atoms with Gasteiger partial charge in [0.15, 0.2) is 5.82 Å². The molecule has 1 heterocycles. The van der Waals surface area contributed by atoms with Crippen LogP contribution in [0.1, 0.15) is 0 Å². The number of halogens is 3. The number of anilines is 1. The van der Waals surface area contributed by atoms with Crippen LogP contribution < -0.4 is 5.73 Å². The molecule has 1 aromatic heterocycles. The number of nitrogen functional groups attached to an aromatic ring is 1. The van der Waals surface area contributed by atoms with E-state index in [1.165, 1.54) is 22.9 Å². The molecule has 3 aromatic rings. The summed E-state index contributed by atoms with van der Waals surface area (Å²) < 4.78 is 15.3. The van der Waals surface area contributed by atoms with E-state index in [1.54, 1.807) is 18.2 Å². The predicted molar refractivity (Wildman–Crippen MR) is 79.0 cm³/mol. The topological polar surface area (TPSA) is 69.6 Å². The summed E-state index contributed by atoms with van der Waals surface area (Å²) in [6.45, 7) is 0. The summed E-state index contributed by atoms with van der Waals surface area (Å²) in [4.78, 5) is 0. The van der Waals surface area contributed by atoms with Gasteiger partial charge in [0.2, 0.25) is 0 Å². The lowest BCUT2D eigenvalue weighted by molar-refractivity contribution is 0.629. The third-order valence-electron chi connectivity index (χ3n) is 2.79. The Balaban J connectivity index is 2.19. The van der Waals surface area contributed by atoms with Crippen LogP contribution in [0.3, 0.4) is 0 Å². The van der Waals surface area contributed by atoms with Crippen LogP contribution in [-0.4, -0.2) is 20.2 Å². The summed E-state index contributed by atoms with van der Waals surface area (Å²) >= 11 is 11.9. The Morgan fingerprint density at radius 3 is 2.48 bits per heavy atom. The molecular weight excluding hydrogens is 316 g/mol. The molecule has 0 saturated heterocycles. The summed E-state index contributed by atoms with van der Waals surface area (Å²) in [6.07, 6.45) is 0. The molecule has 0 spiro atoms. The van der Waals surface area contributed by atoms with Crippen molar-refractivity contribution >= 4 is 28.9 Å². The maximum absolute atomic E-state index is 14.0. The Kier molecular flexibility index (Phi) is 3.48. The zero-order chi connectivity index (χ0) is 15.0. The molecule has 0 aliphatic rings. The Morgan fingerprint density at radius 2 is 1.76 bits per heavy atom. The molecule has 3 rings (SSSR count). The highest BCUT2D eigenvalue weighted by Gasteiger charge is 2.16. The molecule has 5 nitrogen and oxygen atoms in total. The minimum Gasteiger partial charge on any atom is -0.399 e. The van der Waals surface area contributed by atoms with Crippen LogP contribution in [0.4, 0.5) is 10.1 Å². The fourth-order valence-electron chi connectivity index (χ4n) is 1.90. The van der Waals surface area contributed by atoms with Crippen LogP contribution in [0.5, 0.6) is 0 Å². The molecule has 106 valence electrons. The first kappa shape index (κ1) is 13.8. The third-order valence-corrected chi connectivity index (χ3v) is 3.23. The maximum Gasteiger partial charge on any atom is 0.190 e. The molecule has 0 amide bonds. The van der Waals surface area contributed by atoms with Gasteiger partial charge >= 0.3 is 0 Å². The van der Waals surface area contributed by atoms with Crippen molar-refractivity contribution in [1.29, 1.82) is 0 Å². The second kappa shape index (κ2) is 5.31. The van der Waals surface area contributed by atoms with Gasteiger partial charge in [0.1, 0.15) is 5.82 Å². The van der Waals surface area contributed by atoms with Gasteiger partial charge in [0.05, 0.1) is 11.3 Å². The predicted octanol–water partition coefficient (Wildman–Crippen LogP) is 3.36. The van der Waals surface area contributed by atoms with Crippen molar-refractivity contribution in [3.8, 4) is 17.1 Å². The molecule has 0 aliphatic carbocycles. The van der Waals surface area contributed by atoms with Crippen molar-refractivity contribution in [3.05, 3.63) is 52.3 Å². The van der Waals surface area contributed by atoms with Crippen molar-refractivity contribution in [2.45, 2.75) is 0 Å². The first-order valence-corrected chi connectivity index (χ1v) is 6.60. The summed E-state index contributed by atoms with van der Waals surface area (Å²) in [7, 11) is 0. The molecule has 0 radical (unpaired) electrons. The van der Waals surface area contributed by atoms with Gasteiger partial charge in [0, 0.05) is 15.7 Å². The monoisotopic (exact) mass is 323 g/mol. The van der Waals surface area contributed by atoms with Crippen LogP contribution in [0.2, 0.25) is 10.0 Å². The summed E-state index contributed by atoms with van der Waals surface area (Å²) in [6, 6.07) is 9.01. The van der Waals surface area contributed by atoms with Gasteiger partial charge in [-0.1, -0.05) is 23.2 Å². The van der Waals surface area contributed by atoms with Crippen molar-refractivity contribution in [2.75, 3.05) is 5.73 Å². The van der Waals surface area contributed by atoms with Crippen LogP contribution in [0.15, 0.2) is 36.4 Å². The molecule has 0 aliphatic heterocycles. The maximum atomic E-state index is 14.0. The summed E-state index contributed by atoms with van der Waals surface area (Å²) in [5, 5.41) is 12.1.